The van der Waals surface area contributed by atoms with Crippen molar-refractivity contribution in [3.05, 3.63) is 54.0 Å². The van der Waals surface area contributed by atoms with Crippen LogP contribution in [0.5, 0.6) is 0 Å². The number of carbonyl (C=O) groups excluding carboxylic acids is 2. The molecule has 1 fully saturated rings. The molecule has 1 saturated carbocycles. The second kappa shape index (κ2) is 11.2. The third kappa shape index (κ3) is 7.07. The number of thiazole rings is 1. The molecule has 1 aliphatic carbocycles. The minimum atomic E-state index is -3.44. The number of Topliss-reactive ketones (excluding diaryl/α,β-unsaturated/α-hetero) is 1. The lowest BCUT2D eigenvalue weighted by molar-refractivity contribution is 0.0923. The van der Waals surface area contributed by atoms with Crippen LogP contribution in [0.3, 0.4) is 0 Å². The molecule has 3 aromatic heterocycles. The number of pyridine rings is 2. The van der Waals surface area contributed by atoms with Gasteiger partial charge in [0.15, 0.2) is 10.9 Å². The average molecular weight is 533 g/mol. The molecule has 10 nitrogen and oxygen atoms in total. The van der Waals surface area contributed by atoms with Gasteiger partial charge >= 0.3 is 6.03 Å². The number of amides is 2. The monoisotopic (exact) mass is 532 g/mol. The molecule has 4 rings (SSSR count). The van der Waals surface area contributed by atoms with E-state index in [2.05, 4.69) is 30.3 Å². The Kier molecular flexibility index (Phi) is 8.11. The second-order valence-electron chi connectivity index (χ2n) is 7.94. The summed E-state index contributed by atoms with van der Waals surface area (Å²) in [5.41, 5.74) is 0.847. The molecule has 2 amide bonds. The van der Waals surface area contributed by atoms with E-state index in [1.807, 2.05) is 12.1 Å². The molecule has 0 unspecified atom stereocenters. The summed E-state index contributed by atoms with van der Waals surface area (Å²) < 4.78 is 26.3. The SMILES string of the molecule is CS(=O)(=O)NCc1nc(NC(=O)Nc2ncccc2C(=O)C2CCCC2)sc1Sc1ccccn1. The highest BCUT2D eigenvalue weighted by Crippen LogP contribution is 2.36. The first kappa shape index (κ1) is 25.2. The van der Waals surface area contributed by atoms with Crippen LogP contribution in [0, 0.1) is 5.92 Å². The van der Waals surface area contributed by atoms with Gasteiger partial charge < -0.3 is 0 Å². The summed E-state index contributed by atoms with van der Waals surface area (Å²) in [4.78, 5) is 38.5. The van der Waals surface area contributed by atoms with Gasteiger partial charge in [0.05, 0.1) is 28.3 Å². The maximum atomic E-state index is 12.9. The second-order valence-corrected chi connectivity index (χ2v) is 12.1. The normalized spacial score (nSPS) is 14.1. The Morgan fingerprint density at radius 3 is 2.57 bits per heavy atom. The van der Waals surface area contributed by atoms with Crippen LogP contribution in [-0.4, -0.2) is 41.4 Å². The van der Waals surface area contributed by atoms with Crippen LogP contribution in [0.1, 0.15) is 41.7 Å². The number of hydrogen-bond acceptors (Lipinski definition) is 9. The van der Waals surface area contributed by atoms with Crippen LogP contribution in [0.15, 0.2) is 52.0 Å². The number of rotatable bonds is 9. The van der Waals surface area contributed by atoms with Crippen LogP contribution in [-0.2, 0) is 16.6 Å². The third-order valence-electron chi connectivity index (χ3n) is 5.25. The number of anilines is 2. The quantitative estimate of drug-likeness (QED) is 0.349. The predicted molar refractivity (Wildman–Crippen MR) is 135 cm³/mol. The van der Waals surface area contributed by atoms with Gasteiger partial charge in [-0.05, 0) is 37.1 Å². The zero-order chi connectivity index (χ0) is 24.8. The highest BCUT2D eigenvalue weighted by atomic mass is 32.2. The van der Waals surface area contributed by atoms with Crippen molar-refractivity contribution >= 4 is 55.9 Å². The molecule has 1 aliphatic rings. The van der Waals surface area contributed by atoms with Crippen molar-refractivity contribution in [2.75, 3.05) is 16.9 Å². The van der Waals surface area contributed by atoms with E-state index in [0.717, 1.165) is 31.9 Å². The average Bonchev–Trinajstić information content (AvgIpc) is 3.48. The Bertz CT molecular complexity index is 1310. The number of carbonyl (C=O) groups is 2. The summed E-state index contributed by atoms with van der Waals surface area (Å²) in [6.07, 6.45) is 7.98. The molecular formula is C22H24N6O4S3. The number of nitrogens with zero attached hydrogens (tertiary/aromatic N) is 3. The van der Waals surface area contributed by atoms with Crippen LogP contribution < -0.4 is 15.4 Å². The van der Waals surface area contributed by atoms with Gasteiger partial charge in [0, 0.05) is 18.3 Å². The molecule has 0 aliphatic heterocycles. The van der Waals surface area contributed by atoms with Crippen molar-refractivity contribution in [2.45, 2.75) is 41.5 Å². The topological polar surface area (TPSA) is 143 Å². The summed E-state index contributed by atoms with van der Waals surface area (Å²) in [5.74, 6) is 0.140. The van der Waals surface area contributed by atoms with Gasteiger partial charge in [0.2, 0.25) is 10.0 Å². The predicted octanol–water partition coefficient (Wildman–Crippen LogP) is 4.15. The van der Waals surface area contributed by atoms with E-state index in [1.165, 1.54) is 29.3 Å². The minimum absolute atomic E-state index is 0.0108. The Morgan fingerprint density at radius 2 is 1.86 bits per heavy atom. The first-order valence-electron chi connectivity index (χ1n) is 10.9. The maximum absolute atomic E-state index is 12.9. The first-order valence-corrected chi connectivity index (χ1v) is 14.4. The van der Waals surface area contributed by atoms with Crippen molar-refractivity contribution in [2.24, 2.45) is 5.92 Å². The molecule has 13 heteroatoms. The van der Waals surface area contributed by atoms with E-state index >= 15 is 0 Å². The number of sulfonamides is 1. The lowest BCUT2D eigenvalue weighted by atomic mass is 9.97. The molecule has 0 atom stereocenters. The number of urea groups is 1. The lowest BCUT2D eigenvalue weighted by Gasteiger charge is -2.12. The van der Waals surface area contributed by atoms with Crippen molar-refractivity contribution in [3.63, 3.8) is 0 Å². The third-order valence-corrected chi connectivity index (χ3v) is 8.10. The molecular weight excluding hydrogens is 508 g/mol. The fourth-order valence-corrected chi connectivity index (χ4v) is 6.09. The van der Waals surface area contributed by atoms with E-state index in [4.69, 9.17) is 0 Å². The Morgan fingerprint density at radius 1 is 1.09 bits per heavy atom. The van der Waals surface area contributed by atoms with E-state index in [9.17, 15) is 18.0 Å². The number of ketones is 1. The summed E-state index contributed by atoms with van der Waals surface area (Å²) in [7, 11) is -3.44. The van der Waals surface area contributed by atoms with E-state index < -0.39 is 16.1 Å². The highest BCUT2D eigenvalue weighted by molar-refractivity contribution is 8.01. The summed E-state index contributed by atoms with van der Waals surface area (Å²) in [6.45, 7) is -0.0337. The smallest absolute Gasteiger partial charge is 0.294 e. The molecule has 35 heavy (non-hydrogen) atoms. The Labute approximate surface area is 211 Å². The van der Waals surface area contributed by atoms with Gasteiger partial charge in [-0.2, -0.15) is 0 Å². The Balaban J connectivity index is 1.49. The zero-order valence-corrected chi connectivity index (χ0v) is 21.3. The van der Waals surface area contributed by atoms with Crippen LogP contribution in [0.2, 0.25) is 0 Å². The van der Waals surface area contributed by atoms with Crippen molar-refractivity contribution in [1.29, 1.82) is 0 Å². The lowest BCUT2D eigenvalue weighted by Crippen LogP contribution is -2.23. The Hall–Kier alpha value is -2.87. The molecule has 3 aromatic rings. The fourth-order valence-electron chi connectivity index (χ4n) is 3.63. The molecule has 0 aromatic carbocycles. The van der Waals surface area contributed by atoms with Gasteiger partial charge in [0.25, 0.3) is 0 Å². The number of nitrogens with one attached hydrogen (secondary N) is 3. The largest absolute Gasteiger partial charge is 0.326 e. The van der Waals surface area contributed by atoms with E-state index in [1.54, 1.807) is 24.4 Å². The molecule has 184 valence electrons. The fraction of sp³-hybridized carbons (Fsp3) is 0.318. The first-order chi connectivity index (χ1) is 16.8. The van der Waals surface area contributed by atoms with Gasteiger partial charge in [-0.1, -0.05) is 42.0 Å². The van der Waals surface area contributed by atoms with Crippen molar-refractivity contribution in [1.82, 2.24) is 19.7 Å². The van der Waals surface area contributed by atoms with Crippen molar-refractivity contribution in [3.8, 4) is 0 Å². The van der Waals surface area contributed by atoms with Crippen molar-refractivity contribution < 1.29 is 18.0 Å². The molecule has 0 spiro atoms. The number of aromatic nitrogens is 3. The summed E-state index contributed by atoms with van der Waals surface area (Å²) in [5, 5.41) is 6.29. The van der Waals surface area contributed by atoms with Gasteiger partial charge in [0.1, 0.15) is 10.8 Å². The molecule has 0 bridgehead atoms. The molecule has 3 N–H and O–H groups in total. The highest BCUT2D eigenvalue weighted by Gasteiger charge is 2.26. The zero-order valence-electron chi connectivity index (χ0n) is 18.9. The molecule has 3 heterocycles. The van der Waals surface area contributed by atoms with Crippen LogP contribution in [0.4, 0.5) is 15.7 Å². The van der Waals surface area contributed by atoms with E-state index in [0.29, 0.717) is 20.5 Å². The summed E-state index contributed by atoms with van der Waals surface area (Å²) in [6, 6.07) is 8.20. The number of hydrogen-bond donors (Lipinski definition) is 3. The van der Waals surface area contributed by atoms with Gasteiger partial charge in [-0.15, -0.1) is 0 Å². The molecule has 0 radical (unpaired) electrons. The minimum Gasteiger partial charge on any atom is -0.294 e. The van der Waals surface area contributed by atoms with E-state index in [-0.39, 0.29) is 29.2 Å². The standard InChI is InChI=1S/C22H24N6O4S3/c1-35(31,32)25-13-16-20(33-17-10-4-5-11-23-17)34-22(26-16)28-21(30)27-19-15(9-6-12-24-19)18(29)14-7-2-3-8-14/h4-6,9-12,14,25H,2-3,7-8,13H2,1H3,(H2,24,26,27,28,30). The van der Waals surface area contributed by atoms with Gasteiger partial charge in [-0.3, -0.25) is 15.4 Å². The summed E-state index contributed by atoms with van der Waals surface area (Å²) >= 11 is 2.51. The molecule has 0 saturated heterocycles. The van der Waals surface area contributed by atoms with Crippen LogP contribution >= 0.6 is 23.1 Å². The van der Waals surface area contributed by atoms with Crippen LogP contribution in [0.25, 0.3) is 0 Å². The van der Waals surface area contributed by atoms with Gasteiger partial charge in [-0.25, -0.2) is 32.9 Å². The maximum Gasteiger partial charge on any atom is 0.326 e.